The van der Waals surface area contributed by atoms with Crippen LogP contribution in [0.5, 0.6) is 0 Å². The molecule has 22 heavy (non-hydrogen) atoms. The topological polar surface area (TPSA) is 71.5 Å². The van der Waals surface area contributed by atoms with Gasteiger partial charge < -0.3 is 0 Å². The molecule has 2 aromatic rings. The molecule has 0 radical (unpaired) electrons. The Bertz CT molecular complexity index is 851. The third kappa shape index (κ3) is 1.87. The fourth-order valence-electron chi connectivity index (χ4n) is 2.63. The van der Waals surface area contributed by atoms with Crippen molar-refractivity contribution in [2.45, 2.75) is 25.5 Å². The largest absolute Gasteiger partial charge is 0.275 e. The predicted molar refractivity (Wildman–Crippen MR) is 83.1 cm³/mol. The van der Waals surface area contributed by atoms with Crippen molar-refractivity contribution in [3.05, 3.63) is 47.5 Å². The lowest BCUT2D eigenvalue weighted by Crippen LogP contribution is -2.47. The van der Waals surface area contributed by atoms with Crippen molar-refractivity contribution in [2.24, 2.45) is 0 Å². The van der Waals surface area contributed by atoms with Crippen LogP contribution >= 0.6 is 0 Å². The molecule has 0 N–H and O–H groups in total. The molecule has 114 valence electrons. The average Bonchev–Trinajstić information content (AvgIpc) is 2.51. The van der Waals surface area contributed by atoms with Crippen molar-refractivity contribution in [3.8, 4) is 0 Å². The Labute approximate surface area is 128 Å². The summed E-state index contributed by atoms with van der Waals surface area (Å²) in [6.45, 7) is 3.20. The fraction of sp³-hybridized carbons (Fsp3) is 0.250. The summed E-state index contributed by atoms with van der Waals surface area (Å²) in [6.07, 6.45) is 0.325. The summed E-state index contributed by atoms with van der Waals surface area (Å²) in [5.74, 6) is -1.54. The van der Waals surface area contributed by atoms with E-state index in [9.17, 15) is 18.0 Å². The second kappa shape index (κ2) is 4.91. The second-order valence-electron chi connectivity index (χ2n) is 5.35. The van der Waals surface area contributed by atoms with E-state index in [0.29, 0.717) is 16.1 Å². The van der Waals surface area contributed by atoms with E-state index < -0.39 is 27.1 Å². The minimum atomic E-state index is -4.02. The standard InChI is InChI=1S/C16H15NO4S/c1-3-10(2)22(20,21)17-15(18)12-8-4-6-11-7-5-9-13(14(11)12)16(17)19/h4-10H,3H2,1-2H3. The normalized spacial score (nSPS) is 16.2. The molecule has 0 saturated heterocycles. The zero-order chi connectivity index (χ0) is 16.1. The quantitative estimate of drug-likeness (QED) is 0.816. The van der Waals surface area contributed by atoms with Gasteiger partial charge in [0.05, 0.1) is 5.25 Å². The summed E-state index contributed by atoms with van der Waals surface area (Å²) in [5, 5.41) is 0.470. The number of benzene rings is 2. The van der Waals surface area contributed by atoms with Gasteiger partial charge in [0.25, 0.3) is 11.8 Å². The Morgan fingerprint density at radius 2 is 1.50 bits per heavy atom. The lowest BCUT2D eigenvalue weighted by atomic mass is 9.95. The van der Waals surface area contributed by atoms with Crippen LogP contribution in [0, 0.1) is 0 Å². The van der Waals surface area contributed by atoms with Crippen LogP contribution in [0.2, 0.25) is 0 Å². The molecule has 0 aliphatic carbocycles. The van der Waals surface area contributed by atoms with Gasteiger partial charge in [-0.15, -0.1) is 0 Å². The van der Waals surface area contributed by atoms with E-state index in [1.807, 2.05) is 0 Å². The zero-order valence-corrected chi connectivity index (χ0v) is 13.1. The molecule has 1 unspecified atom stereocenters. The van der Waals surface area contributed by atoms with Gasteiger partial charge in [0, 0.05) is 16.5 Å². The van der Waals surface area contributed by atoms with Crippen LogP contribution in [-0.2, 0) is 10.0 Å². The van der Waals surface area contributed by atoms with Crippen LogP contribution in [0.25, 0.3) is 10.8 Å². The van der Waals surface area contributed by atoms with Gasteiger partial charge in [-0.05, 0) is 30.9 Å². The Morgan fingerprint density at radius 3 is 1.95 bits per heavy atom. The maximum Gasteiger partial charge on any atom is 0.275 e. The van der Waals surface area contributed by atoms with E-state index in [1.54, 1.807) is 43.3 Å². The Morgan fingerprint density at radius 1 is 1.00 bits per heavy atom. The maximum atomic E-state index is 12.6. The highest BCUT2D eigenvalue weighted by atomic mass is 32.2. The second-order valence-corrected chi connectivity index (χ2v) is 7.55. The number of hydrogen-bond donors (Lipinski definition) is 0. The number of carbonyl (C=O) groups excluding carboxylic acids is 2. The summed E-state index contributed by atoms with van der Waals surface area (Å²) in [5.41, 5.74) is 0.499. The van der Waals surface area contributed by atoms with Crippen molar-refractivity contribution in [1.29, 1.82) is 0 Å². The molecule has 0 spiro atoms. The van der Waals surface area contributed by atoms with Crippen molar-refractivity contribution < 1.29 is 18.0 Å². The van der Waals surface area contributed by atoms with E-state index in [0.717, 1.165) is 5.39 Å². The average molecular weight is 317 g/mol. The Hall–Kier alpha value is -2.21. The molecule has 1 heterocycles. The third-order valence-electron chi connectivity index (χ3n) is 4.07. The van der Waals surface area contributed by atoms with Gasteiger partial charge in [0.15, 0.2) is 0 Å². The minimum absolute atomic E-state index is 0.250. The number of hydrogen-bond acceptors (Lipinski definition) is 4. The molecule has 1 aliphatic heterocycles. The third-order valence-corrected chi connectivity index (χ3v) is 6.26. The van der Waals surface area contributed by atoms with Crippen molar-refractivity contribution in [1.82, 2.24) is 4.31 Å². The van der Waals surface area contributed by atoms with Crippen molar-refractivity contribution in [2.75, 3.05) is 0 Å². The van der Waals surface area contributed by atoms with E-state index in [1.165, 1.54) is 6.92 Å². The first-order chi connectivity index (χ1) is 10.4. The molecule has 0 fully saturated rings. The highest BCUT2D eigenvalue weighted by molar-refractivity contribution is 7.90. The molecule has 3 rings (SSSR count). The summed E-state index contributed by atoms with van der Waals surface area (Å²) >= 11 is 0. The van der Waals surface area contributed by atoms with Gasteiger partial charge >= 0.3 is 0 Å². The number of nitrogens with zero attached hydrogens (tertiary/aromatic N) is 1. The summed E-state index contributed by atoms with van der Waals surface area (Å²) in [7, 11) is -4.02. The van der Waals surface area contributed by atoms with Gasteiger partial charge in [-0.2, -0.15) is 4.31 Å². The lowest BCUT2D eigenvalue weighted by molar-refractivity contribution is 0.0724. The monoisotopic (exact) mass is 317 g/mol. The van der Waals surface area contributed by atoms with Gasteiger partial charge in [0.1, 0.15) is 0 Å². The van der Waals surface area contributed by atoms with Crippen LogP contribution in [0.15, 0.2) is 36.4 Å². The predicted octanol–water partition coefficient (Wildman–Crippen LogP) is 2.56. The van der Waals surface area contributed by atoms with Crippen LogP contribution < -0.4 is 0 Å². The molecule has 6 heteroatoms. The van der Waals surface area contributed by atoms with Crippen LogP contribution in [0.4, 0.5) is 0 Å². The number of amides is 2. The highest BCUT2D eigenvalue weighted by Crippen LogP contribution is 2.32. The Kier molecular flexibility index (Phi) is 3.29. The van der Waals surface area contributed by atoms with Gasteiger partial charge in [-0.25, -0.2) is 8.42 Å². The van der Waals surface area contributed by atoms with Gasteiger partial charge in [0.2, 0.25) is 10.0 Å². The van der Waals surface area contributed by atoms with E-state index in [4.69, 9.17) is 0 Å². The summed E-state index contributed by atoms with van der Waals surface area (Å²) in [6, 6.07) is 10.1. The number of carbonyl (C=O) groups is 2. The van der Waals surface area contributed by atoms with E-state index >= 15 is 0 Å². The molecule has 0 saturated carbocycles. The van der Waals surface area contributed by atoms with Crippen LogP contribution in [0.1, 0.15) is 41.0 Å². The van der Waals surface area contributed by atoms with E-state index in [2.05, 4.69) is 0 Å². The molecular formula is C16H15NO4S. The number of sulfonamides is 1. The molecule has 2 aromatic carbocycles. The van der Waals surface area contributed by atoms with Gasteiger partial charge in [-0.3, -0.25) is 9.59 Å². The first-order valence-corrected chi connectivity index (χ1v) is 8.54. The molecule has 0 aromatic heterocycles. The van der Waals surface area contributed by atoms with Crippen molar-refractivity contribution >= 4 is 32.6 Å². The molecular weight excluding hydrogens is 302 g/mol. The molecule has 0 bridgehead atoms. The molecule has 1 aliphatic rings. The maximum absolute atomic E-state index is 12.6. The number of imide groups is 1. The van der Waals surface area contributed by atoms with Gasteiger partial charge in [-0.1, -0.05) is 31.2 Å². The number of rotatable bonds is 3. The summed E-state index contributed by atoms with van der Waals surface area (Å²) in [4.78, 5) is 25.2. The first kappa shape index (κ1) is 14.7. The van der Waals surface area contributed by atoms with Crippen LogP contribution in [0.3, 0.4) is 0 Å². The SMILES string of the molecule is CCC(C)S(=O)(=O)N1C(=O)c2cccc3cccc(c23)C1=O. The molecule has 5 nitrogen and oxygen atoms in total. The van der Waals surface area contributed by atoms with Crippen molar-refractivity contribution in [3.63, 3.8) is 0 Å². The first-order valence-electron chi connectivity index (χ1n) is 7.04. The molecule has 2 amide bonds. The minimum Gasteiger partial charge on any atom is -0.267 e. The lowest BCUT2D eigenvalue weighted by Gasteiger charge is -2.28. The zero-order valence-electron chi connectivity index (χ0n) is 12.2. The fourth-order valence-corrected chi connectivity index (χ4v) is 4.07. The van der Waals surface area contributed by atoms with E-state index in [-0.39, 0.29) is 11.1 Å². The smallest absolute Gasteiger partial charge is 0.267 e. The molecule has 1 atom stereocenters. The summed E-state index contributed by atoms with van der Waals surface area (Å²) < 4.78 is 25.5. The highest BCUT2D eigenvalue weighted by Gasteiger charge is 2.42. The Balaban J connectivity index is 2.29. The van der Waals surface area contributed by atoms with Crippen LogP contribution in [-0.4, -0.2) is 29.8 Å².